The average Bonchev–Trinajstić information content (AvgIpc) is 3.23. The van der Waals surface area contributed by atoms with Crippen molar-refractivity contribution in [1.82, 2.24) is 16.0 Å². The molecular weight excluding hydrogens is 494 g/mol. The molecule has 0 aromatic heterocycles. The van der Waals surface area contributed by atoms with Crippen molar-refractivity contribution in [3.8, 4) is 5.75 Å². The van der Waals surface area contributed by atoms with E-state index in [9.17, 15) is 24.3 Å². The Morgan fingerprint density at radius 2 is 1.54 bits per heavy atom. The van der Waals surface area contributed by atoms with E-state index in [-0.39, 0.29) is 23.7 Å². The molecule has 1 saturated heterocycles. The highest BCUT2D eigenvalue weighted by Crippen LogP contribution is 2.20. The number of rotatable bonds is 9. The second-order valence-electron chi connectivity index (χ2n) is 9.84. The van der Waals surface area contributed by atoms with Crippen molar-refractivity contribution in [2.45, 2.75) is 63.8 Å². The van der Waals surface area contributed by atoms with E-state index in [2.05, 4.69) is 16.0 Å². The number of carbonyl (C=O) groups is 4. The van der Waals surface area contributed by atoms with Gasteiger partial charge < -0.3 is 25.8 Å². The standard InChI is InChI=1S/C27H33N3O6S/c1-27(2,3)36-26(35)30-22(16-18-9-11-19(31)12-10-18)24(33)29-21(15-17-7-5-4-6-8-17)23(32)28-20-13-14-37-25(20)34/h4-12,20-22,31H,13-16H2,1-3H3,(H,28,32)(H,29,33)(H,30,35)/t20?,21-,22+/m0/s1. The van der Waals surface area contributed by atoms with Crippen molar-refractivity contribution in [2.75, 3.05) is 5.75 Å². The Labute approximate surface area is 220 Å². The van der Waals surface area contributed by atoms with E-state index in [0.29, 0.717) is 17.7 Å². The van der Waals surface area contributed by atoms with Crippen molar-refractivity contribution in [3.05, 3.63) is 65.7 Å². The first-order chi connectivity index (χ1) is 17.5. The maximum Gasteiger partial charge on any atom is 0.408 e. The van der Waals surface area contributed by atoms with Crippen LogP contribution in [0.25, 0.3) is 0 Å². The summed E-state index contributed by atoms with van der Waals surface area (Å²) >= 11 is 1.18. The SMILES string of the molecule is CC(C)(C)OC(=O)N[C@H](Cc1ccc(O)cc1)C(=O)N[C@@H](Cc1ccccc1)C(=O)NC1CCSC1=O. The van der Waals surface area contributed by atoms with Gasteiger partial charge in [-0.1, -0.05) is 54.2 Å². The number of nitrogens with one attached hydrogen (secondary N) is 3. The summed E-state index contributed by atoms with van der Waals surface area (Å²) in [4.78, 5) is 51.2. The number of amides is 3. The van der Waals surface area contributed by atoms with Crippen LogP contribution in [0.1, 0.15) is 38.3 Å². The lowest BCUT2D eigenvalue weighted by atomic mass is 10.0. The summed E-state index contributed by atoms with van der Waals surface area (Å²) in [5.74, 6) is -0.349. The fourth-order valence-electron chi connectivity index (χ4n) is 3.76. The third-order valence-electron chi connectivity index (χ3n) is 5.55. The first-order valence-electron chi connectivity index (χ1n) is 12.1. The second-order valence-corrected chi connectivity index (χ2v) is 10.9. The Hall–Kier alpha value is -3.53. The normalized spacial score (nSPS) is 16.9. The molecule has 3 amide bonds. The van der Waals surface area contributed by atoms with E-state index >= 15 is 0 Å². The summed E-state index contributed by atoms with van der Waals surface area (Å²) in [6.45, 7) is 5.14. The van der Waals surface area contributed by atoms with Crippen LogP contribution in [0.5, 0.6) is 5.75 Å². The largest absolute Gasteiger partial charge is 0.508 e. The topological polar surface area (TPSA) is 134 Å². The highest BCUT2D eigenvalue weighted by Gasteiger charge is 2.32. The molecule has 0 saturated carbocycles. The highest BCUT2D eigenvalue weighted by atomic mass is 32.2. The highest BCUT2D eigenvalue weighted by molar-refractivity contribution is 8.14. The molecule has 2 aromatic rings. The number of hydrogen-bond donors (Lipinski definition) is 4. The molecule has 9 nitrogen and oxygen atoms in total. The van der Waals surface area contributed by atoms with Crippen LogP contribution in [0, 0.1) is 0 Å². The number of carbonyl (C=O) groups excluding carboxylic acids is 4. The molecule has 0 bridgehead atoms. The Kier molecular flexibility index (Phi) is 9.57. The van der Waals surface area contributed by atoms with E-state index < -0.39 is 41.6 Å². The van der Waals surface area contributed by atoms with Crippen molar-refractivity contribution in [3.63, 3.8) is 0 Å². The Morgan fingerprint density at radius 1 is 0.946 bits per heavy atom. The van der Waals surface area contributed by atoms with Gasteiger partial charge in [-0.2, -0.15) is 0 Å². The van der Waals surface area contributed by atoms with Gasteiger partial charge in [0.25, 0.3) is 0 Å². The van der Waals surface area contributed by atoms with Gasteiger partial charge >= 0.3 is 6.09 Å². The quantitative estimate of drug-likeness (QED) is 0.394. The van der Waals surface area contributed by atoms with Gasteiger partial charge in [0, 0.05) is 18.6 Å². The van der Waals surface area contributed by atoms with Crippen LogP contribution in [0.15, 0.2) is 54.6 Å². The lowest BCUT2D eigenvalue weighted by molar-refractivity contribution is -0.131. The molecule has 0 radical (unpaired) electrons. The zero-order chi connectivity index (χ0) is 27.0. The fraction of sp³-hybridized carbons (Fsp3) is 0.407. The van der Waals surface area contributed by atoms with Crippen molar-refractivity contribution in [1.29, 1.82) is 0 Å². The Morgan fingerprint density at radius 3 is 2.11 bits per heavy atom. The molecule has 4 N–H and O–H groups in total. The van der Waals surface area contributed by atoms with E-state index in [1.54, 1.807) is 32.9 Å². The zero-order valence-electron chi connectivity index (χ0n) is 21.2. The molecule has 3 atom stereocenters. The van der Waals surface area contributed by atoms with Gasteiger partial charge in [0.2, 0.25) is 16.9 Å². The molecule has 0 spiro atoms. The summed E-state index contributed by atoms with van der Waals surface area (Å²) in [5, 5.41) is 17.6. The second kappa shape index (κ2) is 12.6. The number of ether oxygens (including phenoxy) is 1. The van der Waals surface area contributed by atoms with E-state index in [4.69, 9.17) is 4.74 Å². The van der Waals surface area contributed by atoms with Gasteiger partial charge in [-0.05, 0) is 50.5 Å². The van der Waals surface area contributed by atoms with Crippen LogP contribution >= 0.6 is 11.8 Å². The number of hydrogen-bond acceptors (Lipinski definition) is 7. The molecule has 0 aliphatic carbocycles. The van der Waals surface area contributed by atoms with Crippen LogP contribution in [-0.2, 0) is 32.0 Å². The van der Waals surface area contributed by atoms with Crippen LogP contribution in [-0.4, -0.2) is 57.6 Å². The van der Waals surface area contributed by atoms with Gasteiger partial charge in [0.1, 0.15) is 23.4 Å². The summed E-state index contributed by atoms with van der Waals surface area (Å²) in [6, 6.07) is 12.8. The van der Waals surface area contributed by atoms with Crippen molar-refractivity contribution in [2.24, 2.45) is 0 Å². The van der Waals surface area contributed by atoms with Crippen molar-refractivity contribution >= 4 is 34.8 Å². The zero-order valence-corrected chi connectivity index (χ0v) is 22.0. The Balaban J connectivity index is 1.80. The predicted molar refractivity (Wildman–Crippen MR) is 141 cm³/mol. The third-order valence-corrected chi connectivity index (χ3v) is 6.56. The summed E-state index contributed by atoms with van der Waals surface area (Å²) < 4.78 is 5.33. The summed E-state index contributed by atoms with van der Waals surface area (Å²) in [6.07, 6.45) is 0.0579. The van der Waals surface area contributed by atoms with E-state index in [0.717, 1.165) is 5.56 Å². The molecule has 1 unspecified atom stereocenters. The first-order valence-corrected chi connectivity index (χ1v) is 13.1. The molecule has 1 heterocycles. The minimum Gasteiger partial charge on any atom is -0.508 e. The minimum atomic E-state index is -1.06. The molecule has 10 heteroatoms. The number of phenolic OH excluding ortho intramolecular Hbond substituents is 1. The summed E-state index contributed by atoms with van der Waals surface area (Å²) in [5.41, 5.74) is 0.738. The molecule has 1 aliphatic heterocycles. The fourth-order valence-corrected chi connectivity index (χ4v) is 4.69. The van der Waals surface area contributed by atoms with Crippen molar-refractivity contribution < 1.29 is 29.0 Å². The molecule has 3 rings (SSSR count). The van der Waals surface area contributed by atoms with E-state index in [1.807, 2.05) is 30.3 Å². The molecule has 198 valence electrons. The first kappa shape index (κ1) is 28.0. The van der Waals surface area contributed by atoms with Gasteiger partial charge in [-0.15, -0.1) is 0 Å². The van der Waals surface area contributed by atoms with Crippen LogP contribution < -0.4 is 16.0 Å². The Bertz CT molecular complexity index is 1100. The molecular formula is C27H33N3O6S. The number of phenols is 1. The number of thioether (sulfide) groups is 1. The molecule has 2 aromatic carbocycles. The minimum absolute atomic E-state index is 0.0732. The van der Waals surface area contributed by atoms with E-state index in [1.165, 1.54) is 23.9 Å². The summed E-state index contributed by atoms with van der Waals surface area (Å²) in [7, 11) is 0. The number of aromatic hydroxyl groups is 1. The van der Waals surface area contributed by atoms with Crippen LogP contribution in [0.4, 0.5) is 4.79 Å². The third kappa shape index (κ3) is 9.13. The predicted octanol–water partition coefficient (Wildman–Crippen LogP) is 2.70. The van der Waals surface area contributed by atoms with Gasteiger partial charge in [0.05, 0.1) is 6.04 Å². The lowest BCUT2D eigenvalue weighted by Crippen LogP contribution is -2.56. The van der Waals surface area contributed by atoms with Crippen LogP contribution in [0.3, 0.4) is 0 Å². The lowest BCUT2D eigenvalue weighted by Gasteiger charge is -2.26. The maximum atomic E-state index is 13.4. The van der Waals surface area contributed by atoms with Gasteiger partial charge in [-0.25, -0.2) is 4.79 Å². The number of alkyl carbamates (subject to hydrolysis) is 1. The van der Waals surface area contributed by atoms with Crippen LogP contribution in [0.2, 0.25) is 0 Å². The maximum absolute atomic E-state index is 13.4. The smallest absolute Gasteiger partial charge is 0.408 e. The van der Waals surface area contributed by atoms with Gasteiger partial charge in [0.15, 0.2) is 0 Å². The molecule has 1 aliphatic rings. The molecule has 37 heavy (non-hydrogen) atoms. The monoisotopic (exact) mass is 527 g/mol. The number of benzene rings is 2. The molecule has 1 fully saturated rings. The van der Waals surface area contributed by atoms with Gasteiger partial charge in [-0.3, -0.25) is 14.4 Å². The average molecular weight is 528 g/mol.